The molecule has 0 saturated carbocycles. The van der Waals surface area contributed by atoms with Crippen molar-refractivity contribution >= 4 is 11.6 Å². The minimum atomic E-state index is -0.430. The summed E-state index contributed by atoms with van der Waals surface area (Å²) in [5, 5.41) is 2.89. The first kappa shape index (κ1) is 9.21. The average molecular weight is 190 g/mol. The van der Waals surface area contributed by atoms with Crippen LogP contribution in [0.3, 0.4) is 0 Å². The van der Waals surface area contributed by atoms with E-state index in [9.17, 15) is 4.79 Å². The summed E-state index contributed by atoms with van der Waals surface area (Å²) in [6, 6.07) is 5.87. The number of fused-ring (bicyclic) bond motifs is 1. The number of nitrogens with two attached hydrogens (primary N) is 1. The van der Waals surface area contributed by atoms with Gasteiger partial charge in [0.1, 0.15) is 0 Å². The SMILES string of the molecule is CC1(C)C(=O)Nc2c(CN)cccc21. The van der Waals surface area contributed by atoms with Crippen molar-refractivity contribution in [3.63, 3.8) is 0 Å². The summed E-state index contributed by atoms with van der Waals surface area (Å²) in [6.45, 7) is 4.31. The molecule has 0 aromatic heterocycles. The minimum Gasteiger partial charge on any atom is -0.326 e. The third-order valence-electron chi connectivity index (χ3n) is 2.85. The third kappa shape index (κ3) is 1.06. The second-order valence-electron chi connectivity index (χ2n) is 4.12. The lowest BCUT2D eigenvalue weighted by Crippen LogP contribution is -2.26. The third-order valence-corrected chi connectivity index (χ3v) is 2.85. The van der Waals surface area contributed by atoms with Crippen LogP contribution in [-0.4, -0.2) is 5.91 Å². The Bertz CT molecular complexity index is 396. The maximum Gasteiger partial charge on any atom is 0.234 e. The fraction of sp³-hybridized carbons (Fsp3) is 0.364. The molecule has 1 amide bonds. The van der Waals surface area contributed by atoms with Crippen molar-refractivity contribution in [1.29, 1.82) is 0 Å². The van der Waals surface area contributed by atoms with Gasteiger partial charge < -0.3 is 11.1 Å². The molecule has 1 aromatic rings. The normalized spacial score (nSPS) is 17.8. The fourth-order valence-electron chi connectivity index (χ4n) is 1.83. The predicted molar refractivity (Wildman–Crippen MR) is 56.0 cm³/mol. The minimum absolute atomic E-state index is 0.0494. The van der Waals surface area contributed by atoms with Gasteiger partial charge in [-0.3, -0.25) is 4.79 Å². The Morgan fingerprint density at radius 1 is 1.43 bits per heavy atom. The zero-order valence-electron chi connectivity index (χ0n) is 8.42. The summed E-state index contributed by atoms with van der Waals surface area (Å²) >= 11 is 0. The fourth-order valence-corrected chi connectivity index (χ4v) is 1.83. The number of hydrogen-bond acceptors (Lipinski definition) is 2. The number of para-hydroxylation sites is 1. The highest BCUT2D eigenvalue weighted by molar-refractivity contribution is 6.06. The van der Waals surface area contributed by atoms with Gasteiger partial charge in [-0.05, 0) is 25.0 Å². The lowest BCUT2D eigenvalue weighted by molar-refractivity contribution is -0.119. The van der Waals surface area contributed by atoms with E-state index < -0.39 is 5.41 Å². The van der Waals surface area contributed by atoms with Crippen LogP contribution in [0.25, 0.3) is 0 Å². The first-order chi connectivity index (χ1) is 6.57. The number of carbonyl (C=O) groups excluding carboxylic acids is 1. The molecule has 0 fully saturated rings. The monoisotopic (exact) mass is 190 g/mol. The van der Waals surface area contributed by atoms with Gasteiger partial charge in [0.2, 0.25) is 5.91 Å². The molecule has 1 aliphatic rings. The van der Waals surface area contributed by atoms with Gasteiger partial charge in [-0.25, -0.2) is 0 Å². The van der Waals surface area contributed by atoms with Crippen LogP contribution >= 0.6 is 0 Å². The first-order valence-corrected chi connectivity index (χ1v) is 4.71. The number of nitrogens with one attached hydrogen (secondary N) is 1. The Balaban J connectivity index is 2.63. The predicted octanol–water partition coefficient (Wildman–Crippen LogP) is 1.38. The van der Waals surface area contributed by atoms with Crippen molar-refractivity contribution in [2.45, 2.75) is 25.8 Å². The van der Waals surface area contributed by atoms with E-state index in [1.165, 1.54) is 0 Å². The van der Waals surface area contributed by atoms with Crippen LogP contribution < -0.4 is 11.1 Å². The molecule has 1 heterocycles. The highest BCUT2D eigenvalue weighted by atomic mass is 16.2. The highest BCUT2D eigenvalue weighted by Crippen LogP contribution is 2.38. The second kappa shape index (κ2) is 2.82. The molecule has 0 aliphatic carbocycles. The number of benzene rings is 1. The van der Waals surface area contributed by atoms with Crippen molar-refractivity contribution in [3.8, 4) is 0 Å². The van der Waals surface area contributed by atoms with Gasteiger partial charge in [0, 0.05) is 12.2 Å². The Hall–Kier alpha value is -1.35. The van der Waals surface area contributed by atoms with E-state index in [1.54, 1.807) is 0 Å². The molecule has 14 heavy (non-hydrogen) atoms. The van der Waals surface area contributed by atoms with Crippen LogP contribution in [0.4, 0.5) is 5.69 Å². The van der Waals surface area contributed by atoms with Crippen molar-refractivity contribution in [1.82, 2.24) is 0 Å². The topological polar surface area (TPSA) is 55.1 Å². The Morgan fingerprint density at radius 3 is 2.79 bits per heavy atom. The standard InChI is InChI=1S/C11H14N2O/c1-11(2)8-5-3-4-7(6-12)9(8)13-10(11)14/h3-5H,6,12H2,1-2H3,(H,13,14). The van der Waals surface area contributed by atoms with Gasteiger partial charge in [-0.2, -0.15) is 0 Å². The zero-order chi connectivity index (χ0) is 10.3. The second-order valence-corrected chi connectivity index (χ2v) is 4.12. The molecule has 0 atom stereocenters. The molecule has 74 valence electrons. The molecule has 3 heteroatoms. The van der Waals surface area contributed by atoms with E-state index in [0.29, 0.717) is 6.54 Å². The number of hydrogen-bond donors (Lipinski definition) is 2. The van der Waals surface area contributed by atoms with Crippen LogP contribution in [0.1, 0.15) is 25.0 Å². The quantitative estimate of drug-likeness (QED) is 0.702. The lowest BCUT2D eigenvalue weighted by Gasteiger charge is -2.14. The summed E-state index contributed by atoms with van der Waals surface area (Å²) < 4.78 is 0. The molecular weight excluding hydrogens is 176 g/mol. The molecular formula is C11H14N2O. The summed E-state index contributed by atoms with van der Waals surface area (Å²) in [6.07, 6.45) is 0. The van der Waals surface area contributed by atoms with Crippen LogP contribution in [0, 0.1) is 0 Å². The molecule has 0 saturated heterocycles. The summed E-state index contributed by atoms with van der Waals surface area (Å²) in [5.74, 6) is 0.0494. The van der Waals surface area contributed by atoms with E-state index in [1.807, 2.05) is 32.0 Å². The van der Waals surface area contributed by atoms with E-state index >= 15 is 0 Å². The molecule has 0 unspecified atom stereocenters. The van der Waals surface area contributed by atoms with Crippen LogP contribution in [0.15, 0.2) is 18.2 Å². The maximum atomic E-state index is 11.7. The van der Waals surface area contributed by atoms with Crippen LogP contribution in [0.2, 0.25) is 0 Å². The molecule has 0 bridgehead atoms. The van der Waals surface area contributed by atoms with E-state index in [0.717, 1.165) is 16.8 Å². The first-order valence-electron chi connectivity index (χ1n) is 4.71. The molecule has 1 aliphatic heterocycles. The molecule has 3 nitrogen and oxygen atoms in total. The van der Waals surface area contributed by atoms with Gasteiger partial charge in [0.05, 0.1) is 5.41 Å². The zero-order valence-corrected chi connectivity index (χ0v) is 8.42. The van der Waals surface area contributed by atoms with Crippen LogP contribution in [0.5, 0.6) is 0 Å². The van der Waals surface area contributed by atoms with Gasteiger partial charge in [0.15, 0.2) is 0 Å². The van der Waals surface area contributed by atoms with E-state index in [-0.39, 0.29) is 5.91 Å². The van der Waals surface area contributed by atoms with Gasteiger partial charge in [0.25, 0.3) is 0 Å². The molecule has 1 aromatic carbocycles. The number of anilines is 1. The summed E-state index contributed by atoms with van der Waals surface area (Å²) in [5.41, 5.74) is 8.13. The largest absolute Gasteiger partial charge is 0.326 e. The smallest absolute Gasteiger partial charge is 0.234 e. The highest BCUT2D eigenvalue weighted by Gasteiger charge is 2.38. The molecule has 0 spiro atoms. The molecule has 2 rings (SSSR count). The van der Waals surface area contributed by atoms with Gasteiger partial charge >= 0.3 is 0 Å². The average Bonchev–Trinajstić information content (AvgIpc) is 2.39. The number of carbonyl (C=O) groups is 1. The molecule has 3 N–H and O–H groups in total. The van der Waals surface area contributed by atoms with E-state index in [2.05, 4.69) is 5.32 Å². The van der Waals surface area contributed by atoms with Crippen molar-refractivity contribution in [2.75, 3.05) is 5.32 Å². The number of amides is 1. The summed E-state index contributed by atoms with van der Waals surface area (Å²) in [4.78, 5) is 11.7. The van der Waals surface area contributed by atoms with E-state index in [4.69, 9.17) is 5.73 Å². The Labute approximate surface area is 83.3 Å². The van der Waals surface area contributed by atoms with Crippen molar-refractivity contribution in [3.05, 3.63) is 29.3 Å². The van der Waals surface area contributed by atoms with Crippen molar-refractivity contribution in [2.24, 2.45) is 5.73 Å². The number of rotatable bonds is 1. The maximum absolute atomic E-state index is 11.7. The summed E-state index contributed by atoms with van der Waals surface area (Å²) in [7, 11) is 0. The van der Waals surface area contributed by atoms with Gasteiger partial charge in [-0.1, -0.05) is 18.2 Å². The Kier molecular flexibility index (Phi) is 1.86. The molecule has 0 radical (unpaired) electrons. The Morgan fingerprint density at radius 2 is 2.14 bits per heavy atom. The lowest BCUT2D eigenvalue weighted by atomic mass is 9.85. The van der Waals surface area contributed by atoms with Crippen LogP contribution in [-0.2, 0) is 16.8 Å². The van der Waals surface area contributed by atoms with Crippen molar-refractivity contribution < 1.29 is 4.79 Å². The van der Waals surface area contributed by atoms with Gasteiger partial charge in [-0.15, -0.1) is 0 Å².